The van der Waals surface area contributed by atoms with Gasteiger partial charge in [-0.1, -0.05) is 6.08 Å². The summed E-state index contributed by atoms with van der Waals surface area (Å²) in [7, 11) is 0. The molecule has 0 saturated carbocycles. The molecule has 0 fully saturated rings. The van der Waals surface area contributed by atoms with Gasteiger partial charge in [0, 0.05) is 6.42 Å². The molecule has 17 heavy (non-hydrogen) atoms. The second kappa shape index (κ2) is 7.39. The average molecular weight is 246 g/mol. The van der Waals surface area contributed by atoms with Crippen molar-refractivity contribution >= 4 is 17.9 Å². The summed E-state index contributed by atoms with van der Waals surface area (Å²) in [6.07, 6.45) is -1.41. The van der Waals surface area contributed by atoms with Crippen LogP contribution in [-0.4, -0.2) is 46.9 Å². The third-order valence-corrected chi connectivity index (χ3v) is 1.68. The Hall–Kier alpha value is -1.89. The van der Waals surface area contributed by atoms with E-state index in [1.165, 1.54) is 13.0 Å². The summed E-state index contributed by atoms with van der Waals surface area (Å²) in [6, 6.07) is 0. The van der Waals surface area contributed by atoms with Crippen LogP contribution < -0.4 is 0 Å². The normalized spacial score (nSPS) is 13.3. The number of carboxylic acids is 1. The van der Waals surface area contributed by atoms with E-state index in [0.717, 1.165) is 0 Å². The first-order chi connectivity index (χ1) is 7.92. The highest BCUT2D eigenvalue weighted by molar-refractivity contribution is 5.82. The molecule has 0 saturated heterocycles. The van der Waals surface area contributed by atoms with E-state index in [1.54, 1.807) is 0 Å². The van der Waals surface area contributed by atoms with Crippen LogP contribution in [0.5, 0.6) is 0 Å². The number of aliphatic hydroxyl groups is 1. The fourth-order valence-corrected chi connectivity index (χ4v) is 0.869. The number of rotatable bonds is 7. The number of aliphatic hydroxyl groups excluding tert-OH is 1. The molecule has 2 atom stereocenters. The quantitative estimate of drug-likeness (QED) is 0.459. The van der Waals surface area contributed by atoms with Crippen LogP contribution in [0.3, 0.4) is 0 Å². The van der Waals surface area contributed by atoms with E-state index < -0.39 is 36.7 Å². The zero-order chi connectivity index (χ0) is 13.4. The van der Waals surface area contributed by atoms with Gasteiger partial charge in [-0.3, -0.25) is 0 Å². The molecule has 2 N–H and O–H groups in total. The Labute approximate surface area is 97.6 Å². The van der Waals surface area contributed by atoms with Crippen molar-refractivity contribution in [3.63, 3.8) is 0 Å². The Balaban J connectivity index is 4.34. The molecule has 0 radical (unpaired) electrons. The van der Waals surface area contributed by atoms with Gasteiger partial charge in [0.15, 0.2) is 6.10 Å². The van der Waals surface area contributed by atoms with Gasteiger partial charge < -0.3 is 19.7 Å². The van der Waals surface area contributed by atoms with Crippen LogP contribution in [0.4, 0.5) is 0 Å². The molecule has 0 aliphatic carbocycles. The van der Waals surface area contributed by atoms with E-state index in [-0.39, 0.29) is 6.42 Å². The first-order valence-corrected chi connectivity index (χ1v) is 4.76. The lowest BCUT2D eigenvalue weighted by Crippen LogP contribution is -2.34. The molecule has 0 spiro atoms. The predicted octanol–water partition coefficient (Wildman–Crippen LogP) is -0.517. The topological polar surface area (TPSA) is 110 Å². The molecule has 96 valence electrons. The van der Waals surface area contributed by atoms with Crippen LogP contribution in [0.15, 0.2) is 12.7 Å². The molecule has 7 nitrogen and oxygen atoms in total. The first kappa shape index (κ1) is 15.1. The molecule has 0 rings (SSSR count). The monoisotopic (exact) mass is 246 g/mol. The maximum absolute atomic E-state index is 11.3. The summed E-state index contributed by atoms with van der Waals surface area (Å²) in [5.41, 5.74) is 0. The molecular weight excluding hydrogens is 232 g/mol. The van der Waals surface area contributed by atoms with Crippen LogP contribution in [0, 0.1) is 0 Å². The highest BCUT2D eigenvalue weighted by atomic mass is 16.6. The molecule has 0 aromatic heterocycles. The Morgan fingerprint density at radius 3 is 2.35 bits per heavy atom. The Morgan fingerprint density at radius 1 is 1.35 bits per heavy atom. The van der Waals surface area contributed by atoms with Gasteiger partial charge in [0.25, 0.3) is 0 Å². The lowest BCUT2D eigenvalue weighted by molar-refractivity contribution is -0.176. The van der Waals surface area contributed by atoms with Crippen molar-refractivity contribution in [1.29, 1.82) is 0 Å². The maximum Gasteiger partial charge on any atom is 0.348 e. The number of hydrogen-bond acceptors (Lipinski definition) is 6. The van der Waals surface area contributed by atoms with Crippen LogP contribution in [0.25, 0.3) is 0 Å². The Morgan fingerprint density at radius 2 is 1.94 bits per heavy atom. The summed E-state index contributed by atoms with van der Waals surface area (Å²) in [5, 5.41) is 17.1. The number of aliphatic carboxylic acids is 1. The van der Waals surface area contributed by atoms with E-state index >= 15 is 0 Å². The van der Waals surface area contributed by atoms with Gasteiger partial charge in [-0.15, -0.1) is 6.58 Å². The first-order valence-electron chi connectivity index (χ1n) is 4.76. The number of ether oxygens (including phenoxy) is 2. The van der Waals surface area contributed by atoms with E-state index in [4.69, 9.17) is 10.2 Å². The van der Waals surface area contributed by atoms with E-state index in [1.807, 2.05) is 0 Å². The van der Waals surface area contributed by atoms with Crippen molar-refractivity contribution in [2.24, 2.45) is 0 Å². The summed E-state index contributed by atoms with van der Waals surface area (Å²) in [6.45, 7) is 3.67. The van der Waals surface area contributed by atoms with E-state index in [2.05, 4.69) is 16.1 Å². The zero-order valence-electron chi connectivity index (χ0n) is 9.29. The third kappa shape index (κ3) is 5.67. The molecule has 0 aromatic carbocycles. The molecule has 0 aliphatic rings. The van der Waals surface area contributed by atoms with Crippen LogP contribution in [0.2, 0.25) is 0 Å². The standard InChI is InChI=1S/C10H14O7/c1-3-4-7(9(13)14)17-10(15)6(2)16-8(12)5-11/h3,6-7,11H,1,4-5H2,2H3,(H,13,14). The van der Waals surface area contributed by atoms with Gasteiger partial charge in [-0.05, 0) is 6.92 Å². The summed E-state index contributed by atoms with van der Waals surface area (Å²) >= 11 is 0. The number of carboxylic acid groups (broad SMARTS) is 1. The maximum atomic E-state index is 11.3. The Bertz CT molecular complexity index is 310. The van der Waals surface area contributed by atoms with Crippen molar-refractivity contribution in [2.75, 3.05) is 6.61 Å². The highest BCUT2D eigenvalue weighted by Gasteiger charge is 2.26. The van der Waals surface area contributed by atoms with Crippen molar-refractivity contribution in [1.82, 2.24) is 0 Å². The average Bonchev–Trinajstić information content (AvgIpc) is 2.27. The van der Waals surface area contributed by atoms with Crippen molar-refractivity contribution in [2.45, 2.75) is 25.6 Å². The van der Waals surface area contributed by atoms with Gasteiger partial charge in [-0.25, -0.2) is 14.4 Å². The molecule has 0 aromatic rings. The van der Waals surface area contributed by atoms with Gasteiger partial charge in [-0.2, -0.15) is 0 Å². The van der Waals surface area contributed by atoms with Crippen molar-refractivity contribution in [3.05, 3.63) is 12.7 Å². The smallest absolute Gasteiger partial charge is 0.348 e. The highest BCUT2D eigenvalue weighted by Crippen LogP contribution is 2.04. The fraction of sp³-hybridized carbons (Fsp3) is 0.500. The second-order valence-corrected chi connectivity index (χ2v) is 3.08. The summed E-state index contributed by atoms with van der Waals surface area (Å²) in [5.74, 6) is -3.31. The van der Waals surface area contributed by atoms with Crippen molar-refractivity contribution in [3.8, 4) is 0 Å². The number of carbonyl (C=O) groups excluding carboxylic acids is 2. The number of esters is 2. The van der Waals surface area contributed by atoms with E-state index in [9.17, 15) is 14.4 Å². The van der Waals surface area contributed by atoms with Crippen LogP contribution in [0.1, 0.15) is 13.3 Å². The third-order valence-electron chi connectivity index (χ3n) is 1.68. The van der Waals surface area contributed by atoms with Gasteiger partial charge >= 0.3 is 17.9 Å². The molecule has 2 unspecified atom stereocenters. The SMILES string of the molecule is C=CCC(OC(=O)C(C)OC(=O)CO)C(=O)O. The van der Waals surface area contributed by atoms with Crippen molar-refractivity contribution < 1.29 is 34.1 Å². The van der Waals surface area contributed by atoms with Crippen LogP contribution in [-0.2, 0) is 23.9 Å². The molecule has 0 heterocycles. The molecule has 0 aliphatic heterocycles. The van der Waals surface area contributed by atoms with Gasteiger partial charge in [0.05, 0.1) is 0 Å². The minimum absolute atomic E-state index is 0.0538. The lowest BCUT2D eigenvalue weighted by Gasteiger charge is -2.15. The number of hydrogen-bond donors (Lipinski definition) is 2. The lowest BCUT2D eigenvalue weighted by atomic mass is 10.2. The molecule has 0 amide bonds. The summed E-state index contributed by atoms with van der Waals surface area (Å²) in [4.78, 5) is 32.6. The van der Waals surface area contributed by atoms with Crippen LogP contribution >= 0.6 is 0 Å². The predicted molar refractivity (Wildman–Crippen MR) is 55.0 cm³/mol. The fourth-order valence-electron chi connectivity index (χ4n) is 0.869. The van der Waals surface area contributed by atoms with Gasteiger partial charge in [0.2, 0.25) is 6.10 Å². The zero-order valence-corrected chi connectivity index (χ0v) is 9.29. The second-order valence-electron chi connectivity index (χ2n) is 3.08. The molecular formula is C10H14O7. The molecule has 7 heteroatoms. The number of carbonyl (C=O) groups is 3. The van der Waals surface area contributed by atoms with Gasteiger partial charge in [0.1, 0.15) is 6.61 Å². The largest absolute Gasteiger partial charge is 0.478 e. The molecule has 0 bridgehead atoms. The summed E-state index contributed by atoms with van der Waals surface area (Å²) < 4.78 is 9.03. The van der Waals surface area contributed by atoms with E-state index in [0.29, 0.717) is 0 Å². The Kier molecular flexibility index (Phi) is 6.57. The minimum Gasteiger partial charge on any atom is -0.478 e. The minimum atomic E-state index is -1.37.